The fourth-order valence-electron chi connectivity index (χ4n) is 3.24. The summed E-state index contributed by atoms with van der Waals surface area (Å²) in [4.78, 5) is 22.0. The Morgan fingerprint density at radius 1 is 0.966 bits per heavy atom. The number of fused-ring (bicyclic) bond motifs is 2. The first-order valence-electron chi connectivity index (χ1n) is 8.73. The second-order valence-corrected chi connectivity index (χ2v) is 6.54. The minimum absolute atomic E-state index is 0.0142. The zero-order valence-corrected chi connectivity index (χ0v) is 14.8. The number of halogens is 2. The Morgan fingerprint density at radius 2 is 1.66 bits per heavy atom. The molecule has 2 aliphatic heterocycles. The summed E-state index contributed by atoms with van der Waals surface area (Å²) < 4.78 is 40.8. The minimum atomic E-state index is -3.66. The van der Waals surface area contributed by atoms with E-state index in [0.29, 0.717) is 23.7 Å². The second-order valence-electron chi connectivity index (χ2n) is 6.54. The van der Waals surface area contributed by atoms with Gasteiger partial charge in [-0.1, -0.05) is 12.1 Å². The van der Waals surface area contributed by atoms with E-state index in [1.165, 1.54) is 17.0 Å². The van der Waals surface area contributed by atoms with Crippen molar-refractivity contribution in [2.24, 2.45) is 0 Å². The average molecular weight is 397 g/mol. The molecule has 0 N–H and O–H groups in total. The molecule has 29 heavy (non-hydrogen) atoms. The number of nitrogens with zero attached hydrogens (tertiary/aromatic N) is 3. The topological polar surface area (TPSA) is 73.8 Å². The molecule has 3 heterocycles. The quantitative estimate of drug-likeness (QED) is 0.666. The molecular formula is C20H13F2N3O4. The van der Waals surface area contributed by atoms with Gasteiger partial charge in [-0.05, 0) is 41.5 Å². The van der Waals surface area contributed by atoms with Crippen LogP contribution in [0.15, 0.2) is 54.9 Å². The van der Waals surface area contributed by atoms with Gasteiger partial charge in [-0.25, -0.2) is 14.8 Å². The molecule has 0 spiro atoms. The fourth-order valence-corrected chi connectivity index (χ4v) is 3.24. The van der Waals surface area contributed by atoms with Crippen molar-refractivity contribution in [3.05, 3.63) is 66.2 Å². The smallest absolute Gasteiger partial charge is 0.410 e. The van der Waals surface area contributed by atoms with Crippen molar-refractivity contribution in [3.8, 4) is 28.4 Å². The highest BCUT2D eigenvalue weighted by atomic mass is 19.3. The van der Waals surface area contributed by atoms with Crippen LogP contribution in [0.25, 0.3) is 11.1 Å². The molecule has 146 valence electrons. The van der Waals surface area contributed by atoms with Crippen LogP contribution in [-0.2, 0) is 13.1 Å². The van der Waals surface area contributed by atoms with Crippen molar-refractivity contribution in [2.75, 3.05) is 0 Å². The molecule has 0 unspecified atom stereocenters. The maximum Gasteiger partial charge on any atom is 0.586 e. The van der Waals surface area contributed by atoms with Crippen LogP contribution in [0.5, 0.6) is 17.2 Å². The molecule has 0 atom stereocenters. The highest BCUT2D eigenvalue weighted by molar-refractivity contribution is 5.75. The van der Waals surface area contributed by atoms with Gasteiger partial charge in [0.05, 0.1) is 13.1 Å². The SMILES string of the molecule is O=C1Oc2ccc(-c3ccc4c(c3)OC(F)(F)O4)cc2CN1Cc1ncccn1. The molecule has 5 rings (SSSR count). The second kappa shape index (κ2) is 6.40. The lowest BCUT2D eigenvalue weighted by Crippen LogP contribution is -2.36. The van der Waals surface area contributed by atoms with E-state index in [-0.39, 0.29) is 18.0 Å². The Bertz CT molecular complexity index is 1110. The first-order chi connectivity index (χ1) is 14.0. The van der Waals surface area contributed by atoms with Crippen LogP contribution in [0.3, 0.4) is 0 Å². The molecule has 0 saturated carbocycles. The van der Waals surface area contributed by atoms with Gasteiger partial charge in [0.2, 0.25) is 0 Å². The van der Waals surface area contributed by atoms with Crippen LogP contribution >= 0.6 is 0 Å². The summed E-state index contributed by atoms with van der Waals surface area (Å²) in [7, 11) is 0. The lowest BCUT2D eigenvalue weighted by molar-refractivity contribution is -0.286. The van der Waals surface area contributed by atoms with Crippen LogP contribution < -0.4 is 14.2 Å². The third kappa shape index (κ3) is 3.31. The van der Waals surface area contributed by atoms with Gasteiger partial charge >= 0.3 is 12.4 Å². The number of aromatic nitrogens is 2. The number of carbonyl (C=O) groups excluding carboxylic acids is 1. The molecule has 0 aliphatic carbocycles. The molecule has 3 aromatic rings. The van der Waals surface area contributed by atoms with Gasteiger partial charge in [-0.15, -0.1) is 8.78 Å². The lowest BCUT2D eigenvalue weighted by Gasteiger charge is -2.27. The Balaban J connectivity index is 1.42. The van der Waals surface area contributed by atoms with E-state index in [1.54, 1.807) is 36.7 Å². The molecule has 7 nitrogen and oxygen atoms in total. The van der Waals surface area contributed by atoms with Gasteiger partial charge in [0.1, 0.15) is 11.6 Å². The van der Waals surface area contributed by atoms with E-state index in [1.807, 2.05) is 6.07 Å². The van der Waals surface area contributed by atoms with Crippen LogP contribution in [0.1, 0.15) is 11.4 Å². The number of rotatable bonds is 3. The molecule has 0 radical (unpaired) electrons. The van der Waals surface area contributed by atoms with E-state index in [2.05, 4.69) is 19.4 Å². The maximum absolute atomic E-state index is 13.2. The zero-order chi connectivity index (χ0) is 20.0. The van der Waals surface area contributed by atoms with Crippen LogP contribution in [-0.4, -0.2) is 27.3 Å². The first kappa shape index (κ1) is 17.4. The summed E-state index contributed by atoms with van der Waals surface area (Å²) in [6.45, 7) is 0.519. The van der Waals surface area contributed by atoms with Crippen LogP contribution in [0, 0.1) is 0 Å². The van der Waals surface area contributed by atoms with E-state index >= 15 is 0 Å². The lowest BCUT2D eigenvalue weighted by atomic mass is 10.0. The van der Waals surface area contributed by atoms with Crippen molar-refractivity contribution in [1.29, 1.82) is 0 Å². The largest absolute Gasteiger partial charge is 0.586 e. The van der Waals surface area contributed by atoms with Crippen LogP contribution in [0.2, 0.25) is 0 Å². The number of alkyl halides is 2. The van der Waals surface area contributed by atoms with Crippen molar-refractivity contribution in [1.82, 2.24) is 14.9 Å². The average Bonchev–Trinajstić information content (AvgIpc) is 3.02. The Kier molecular flexibility index (Phi) is 3.83. The molecule has 1 amide bonds. The minimum Gasteiger partial charge on any atom is -0.410 e. The van der Waals surface area contributed by atoms with Gasteiger partial charge < -0.3 is 14.2 Å². The predicted octanol–water partition coefficient (Wildman–Crippen LogP) is 3.98. The van der Waals surface area contributed by atoms with Gasteiger partial charge in [0.25, 0.3) is 0 Å². The molecule has 2 aliphatic rings. The highest BCUT2D eigenvalue weighted by Gasteiger charge is 2.43. The maximum atomic E-state index is 13.2. The monoisotopic (exact) mass is 397 g/mol. The normalized spacial score (nSPS) is 16.3. The number of ether oxygens (including phenoxy) is 3. The molecule has 1 aromatic heterocycles. The van der Waals surface area contributed by atoms with Crippen molar-refractivity contribution < 1.29 is 27.8 Å². The third-order valence-corrected chi connectivity index (χ3v) is 4.56. The molecule has 0 fully saturated rings. The number of hydrogen-bond acceptors (Lipinski definition) is 6. The molecule has 0 bridgehead atoms. The Morgan fingerprint density at radius 3 is 2.45 bits per heavy atom. The van der Waals surface area contributed by atoms with E-state index in [9.17, 15) is 13.6 Å². The van der Waals surface area contributed by atoms with Gasteiger partial charge in [-0.3, -0.25) is 4.90 Å². The third-order valence-electron chi connectivity index (χ3n) is 4.56. The summed E-state index contributed by atoms with van der Waals surface area (Å²) in [5.41, 5.74) is 2.21. The standard InChI is InChI=1S/C20H13F2N3O4/c21-20(22)28-16-5-3-13(9-17(16)29-20)12-2-4-15-14(8-12)10-25(19(26)27-15)11-18-23-6-1-7-24-18/h1-9H,10-11H2. The predicted molar refractivity (Wildman–Crippen MR) is 95.4 cm³/mol. The Hall–Kier alpha value is -3.75. The summed E-state index contributed by atoms with van der Waals surface area (Å²) in [6.07, 6.45) is -0.937. The van der Waals surface area contributed by atoms with Gasteiger partial charge in [0, 0.05) is 18.0 Å². The van der Waals surface area contributed by atoms with E-state index in [0.717, 1.165) is 11.1 Å². The number of amides is 1. The molecule has 0 saturated heterocycles. The summed E-state index contributed by atoms with van der Waals surface area (Å²) in [6, 6.07) is 11.6. The molecular weight excluding hydrogens is 384 g/mol. The Labute approximate surface area is 163 Å². The number of hydrogen-bond donors (Lipinski definition) is 0. The van der Waals surface area contributed by atoms with E-state index < -0.39 is 12.4 Å². The van der Waals surface area contributed by atoms with E-state index in [4.69, 9.17) is 4.74 Å². The summed E-state index contributed by atoms with van der Waals surface area (Å²) in [5.74, 6) is 0.913. The highest BCUT2D eigenvalue weighted by Crippen LogP contribution is 2.43. The van der Waals surface area contributed by atoms with Crippen molar-refractivity contribution in [2.45, 2.75) is 19.4 Å². The summed E-state index contributed by atoms with van der Waals surface area (Å²) in [5, 5.41) is 0. The van der Waals surface area contributed by atoms with Crippen LogP contribution in [0.4, 0.5) is 13.6 Å². The van der Waals surface area contributed by atoms with Crippen molar-refractivity contribution in [3.63, 3.8) is 0 Å². The van der Waals surface area contributed by atoms with Gasteiger partial charge in [-0.2, -0.15) is 0 Å². The number of benzene rings is 2. The summed E-state index contributed by atoms with van der Waals surface area (Å²) >= 11 is 0. The molecule has 2 aromatic carbocycles. The molecule has 9 heteroatoms. The first-order valence-corrected chi connectivity index (χ1v) is 8.73. The van der Waals surface area contributed by atoms with Gasteiger partial charge in [0.15, 0.2) is 11.5 Å². The van der Waals surface area contributed by atoms with Crippen molar-refractivity contribution >= 4 is 6.09 Å². The number of carbonyl (C=O) groups is 1. The fraction of sp³-hybridized carbons (Fsp3) is 0.150. The zero-order valence-electron chi connectivity index (χ0n) is 14.8.